The quantitative estimate of drug-likeness (QED) is 0.673. The summed E-state index contributed by atoms with van der Waals surface area (Å²) in [6.45, 7) is 4.15. The van der Waals surface area contributed by atoms with Gasteiger partial charge in [-0.1, -0.05) is 0 Å². The lowest BCUT2D eigenvalue weighted by atomic mass is 10.2. The van der Waals surface area contributed by atoms with E-state index in [0.717, 1.165) is 11.0 Å². The minimum Gasteiger partial charge on any atom is -0.399 e. The molecule has 2 rings (SSSR count). The zero-order valence-corrected chi connectivity index (χ0v) is 8.36. The zero-order valence-electron chi connectivity index (χ0n) is 8.36. The van der Waals surface area contributed by atoms with Crippen molar-refractivity contribution in [2.45, 2.75) is 19.9 Å². The van der Waals surface area contributed by atoms with Gasteiger partial charge < -0.3 is 16.0 Å². The number of anilines is 2. The van der Waals surface area contributed by atoms with Crippen molar-refractivity contribution < 1.29 is 0 Å². The van der Waals surface area contributed by atoms with E-state index in [1.54, 1.807) is 0 Å². The van der Waals surface area contributed by atoms with Crippen LogP contribution in [0, 0.1) is 0 Å². The third-order valence-electron chi connectivity index (χ3n) is 2.26. The van der Waals surface area contributed by atoms with Crippen molar-refractivity contribution in [1.82, 2.24) is 9.55 Å². The van der Waals surface area contributed by atoms with Gasteiger partial charge in [0.1, 0.15) is 0 Å². The lowest BCUT2D eigenvalue weighted by Crippen LogP contribution is -2.05. The molecule has 1 heterocycles. The molecule has 4 heteroatoms. The number of nitrogen functional groups attached to an aromatic ring is 2. The molecule has 1 aromatic carbocycles. The third kappa shape index (κ3) is 1.19. The van der Waals surface area contributed by atoms with E-state index in [1.165, 1.54) is 0 Å². The van der Waals surface area contributed by atoms with Crippen LogP contribution in [0.3, 0.4) is 0 Å². The van der Waals surface area contributed by atoms with Crippen LogP contribution < -0.4 is 11.5 Å². The fraction of sp³-hybridized carbons (Fsp3) is 0.300. The highest BCUT2D eigenvalue weighted by Crippen LogP contribution is 2.23. The highest BCUT2D eigenvalue weighted by molar-refractivity contribution is 5.81. The lowest BCUT2D eigenvalue weighted by Gasteiger charge is -2.09. The molecular weight excluding hydrogens is 176 g/mol. The topological polar surface area (TPSA) is 69.9 Å². The largest absolute Gasteiger partial charge is 0.399 e. The normalized spacial score (nSPS) is 11.4. The molecule has 0 aliphatic carbocycles. The summed E-state index contributed by atoms with van der Waals surface area (Å²) >= 11 is 0. The Kier molecular flexibility index (Phi) is 1.84. The predicted octanol–water partition coefficient (Wildman–Crippen LogP) is 1.78. The van der Waals surface area contributed by atoms with Gasteiger partial charge in [-0.3, -0.25) is 0 Å². The van der Waals surface area contributed by atoms with Crippen LogP contribution in [0.1, 0.15) is 19.9 Å². The van der Waals surface area contributed by atoms with Gasteiger partial charge in [-0.05, 0) is 32.0 Å². The number of aromatic nitrogens is 2. The summed E-state index contributed by atoms with van der Waals surface area (Å²) in [7, 11) is 0. The monoisotopic (exact) mass is 190 g/mol. The molecule has 0 amide bonds. The summed E-state index contributed by atoms with van der Waals surface area (Å²) in [6.07, 6.45) is 0. The molecule has 4 nitrogen and oxygen atoms in total. The molecule has 0 saturated heterocycles. The van der Waals surface area contributed by atoms with E-state index in [-0.39, 0.29) is 0 Å². The number of hydrogen-bond acceptors (Lipinski definition) is 3. The predicted molar refractivity (Wildman–Crippen MR) is 58.9 cm³/mol. The Hall–Kier alpha value is -1.71. The summed E-state index contributed by atoms with van der Waals surface area (Å²) in [4.78, 5) is 4.26. The smallest absolute Gasteiger partial charge is 0.201 e. The van der Waals surface area contributed by atoms with E-state index < -0.39 is 0 Å². The number of nitrogens with zero attached hydrogens (tertiary/aromatic N) is 2. The Balaban J connectivity index is 2.77. The minimum absolute atomic E-state index is 0.309. The van der Waals surface area contributed by atoms with Crippen LogP contribution in [0.2, 0.25) is 0 Å². The Morgan fingerprint density at radius 3 is 2.64 bits per heavy atom. The molecule has 0 unspecified atom stereocenters. The first-order valence-electron chi connectivity index (χ1n) is 4.62. The SMILES string of the molecule is CC(C)n1c(N)nc2cc(N)ccc21. The second kappa shape index (κ2) is 2.90. The summed E-state index contributed by atoms with van der Waals surface area (Å²) in [6, 6.07) is 5.96. The molecule has 4 N–H and O–H groups in total. The summed E-state index contributed by atoms with van der Waals surface area (Å²) in [5.74, 6) is 0.542. The van der Waals surface area contributed by atoms with Gasteiger partial charge in [0, 0.05) is 11.7 Å². The molecule has 0 saturated carbocycles. The van der Waals surface area contributed by atoms with Gasteiger partial charge in [0.15, 0.2) is 0 Å². The van der Waals surface area contributed by atoms with E-state index in [0.29, 0.717) is 17.7 Å². The van der Waals surface area contributed by atoms with Gasteiger partial charge in [0.2, 0.25) is 5.95 Å². The first-order valence-corrected chi connectivity index (χ1v) is 4.62. The molecule has 74 valence electrons. The Morgan fingerprint density at radius 2 is 2.00 bits per heavy atom. The molecule has 0 aliphatic heterocycles. The van der Waals surface area contributed by atoms with E-state index in [1.807, 2.05) is 22.8 Å². The van der Waals surface area contributed by atoms with Crippen molar-refractivity contribution in [2.24, 2.45) is 0 Å². The van der Waals surface area contributed by atoms with E-state index in [4.69, 9.17) is 11.5 Å². The van der Waals surface area contributed by atoms with Crippen molar-refractivity contribution in [3.63, 3.8) is 0 Å². The third-order valence-corrected chi connectivity index (χ3v) is 2.26. The average Bonchev–Trinajstić information content (AvgIpc) is 2.39. The summed E-state index contributed by atoms with van der Waals surface area (Å²) in [5, 5.41) is 0. The van der Waals surface area contributed by atoms with Gasteiger partial charge in [-0.15, -0.1) is 0 Å². The summed E-state index contributed by atoms with van der Waals surface area (Å²) < 4.78 is 1.99. The van der Waals surface area contributed by atoms with Gasteiger partial charge in [-0.2, -0.15) is 0 Å². The molecule has 0 spiro atoms. The van der Waals surface area contributed by atoms with Crippen molar-refractivity contribution in [1.29, 1.82) is 0 Å². The molecule has 0 atom stereocenters. The Labute approximate surface area is 82.5 Å². The Morgan fingerprint density at radius 1 is 1.29 bits per heavy atom. The first-order chi connectivity index (χ1) is 6.59. The van der Waals surface area contributed by atoms with E-state index in [2.05, 4.69) is 18.8 Å². The van der Waals surface area contributed by atoms with Crippen LogP contribution in [0.4, 0.5) is 11.6 Å². The van der Waals surface area contributed by atoms with Crippen LogP contribution in [-0.2, 0) is 0 Å². The molecular formula is C10H14N4. The summed E-state index contributed by atoms with van der Waals surface area (Å²) in [5.41, 5.74) is 14.1. The molecule has 1 aromatic heterocycles. The van der Waals surface area contributed by atoms with Crippen molar-refractivity contribution in [2.75, 3.05) is 11.5 Å². The number of benzene rings is 1. The number of hydrogen-bond donors (Lipinski definition) is 2. The van der Waals surface area contributed by atoms with Crippen LogP contribution in [0.15, 0.2) is 18.2 Å². The maximum atomic E-state index is 5.82. The van der Waals surface area contributed by atoms with Crippen LogP contribution >= 0.6 is 0 Å². The van der Waals surface area contributed by atoms with Crippen LogP contribution in [0.5, 0.6) is 0 Å². The van der Waals surface area contributed by atoms with Gasteiger partial charge in [0.05, 0.1) is 11.0 Å². The van der Waals surface area contributed by atoms with Gasteiger partial charge in [0.25, 0.3) is 0 Å². The lowest BCUT2D eigenvalue weighted by molar-refractivity contribution is 0.627. The number of nitrogens with two attached hydrogens (primary N) is 2. The van der Waals surface area contributed by atoms with Crippen LogP contribution in [-0.4, -0.2) is 9.55 Å². The Bertz CT molecular complexity index is 470. The molecule has 0 bridgehead atoms. The fourth-order valence-corrected chi connectivity index (χ4v) is 1.68. The highest BCUT2D eigenvalue weighted by Gasteiger charge is 2.10. The molecule has 0 aliphatic rings. The number of imidazole rings is 1. The maximum Gasteiger partial charge on any atom is 0.201 e. The number of fused-ring (bicyclic) bond motifs is 1. The maximum absolute atomic E-state index is 5.82. The van der Waals surface area contributed by atoms with E-state index in [9.17, 15) is 0 Å². The molecule has 14 heavy (non-hydrogen) atoms. The van der Waals surface area contributed by atoms with Gasteiger partial charge >= 0.3 is 0 Å². The van der Waals surface area contributed by atoms with Crippen LogP contribution in [0.25, 0.3) is 11.0 Å². The first kappa shape index (κ1) is 8.87. The van der Waals surface area contributed by atoms with Crippen molar-refractivity contribution >= 4 is 22.7 Å². The van der Waals surface area contributed by atoms with E-state index >= 15 is 0 Å². The number of rotatable bonds is 1. The minimum atomic E-state index is 0.309. The second-order valence-electron chi connectivity index (χ2n) is 3.68. The molecule has 0 fully saturated rings. The fourth-order valence-electron chi connectivity index (χ4n) is 1.68. The zero-order chi connectivity index (χ0) is 10.3. The average molecular weight is 190 g/mol. The van der Waals surface area contributed by atoms with Crippen molar-refractivity contribution in [3.05, 3.63) is 18.2 Å². The molecule has 0 radical (unpaired) electrons. The highest BCUT2D eigenvalue weighted by atomic mass is 15.2. The van der Waals surface area contributed by atoms with Gasteiger partial charge in [-0.25, -0.2) is 4.98 Å². The van der Waals surface area contributed by atoms with Crippen molar-refractivity contribution in [3.8, 4) is 0 Å². The molecule has 2 aromatic rings. The second-order valence-corrected chi connectivity index (χ2v) is 3.68. The standard InChI is InChI=1S/C10H14N4/c1-6(2)14-9-4-3-7(11)5-8(9)13-10(14)12/h3-6H,11H2,1-2H3,(H2,12,13).